The smallest absolute Gasteiger partial charge is 0.426 e. The maximum absolute atomic E-state index is 12.8. The molecule has 2 unspecified atom stereocenters. The molecule has 0 amide bonds. The van der Waals surface area contributed by atoms with Gasteiger partial charge in [0.2, 0.25) is 0 Å². The molecule has 0 spiro atoms. The van der Waals surface area contributed by atoms with Gasteiger partial charge in [0.25, 0.3) is 0 Å². The molecule has 2 N–H and O–H groups in total. The summed E-state index contributed by atoms with van der Waals surface area (Å²) in [6.07, 6.45) is 9.69. The van der Waals surface area contributed by atoms with E-state index in [9.17, 15) is 4.79 Å². The van der Waals surface area contributed by atoms with Gasteiger partial charge >= 0.3 is 6.16 Å². The fourth-order valence-electron chi connectivity index (χ4n) is 6.42. The van der Waals surface area contributed by atoms with Crippen LogP contribution in [0.5, 0.6) is 0 Å². The lowest BCUT2D eigenvalue weighted by molar-refractivity contribution is 0.0415. The van der Waals surface area contributed by atoms with Crippen LogP contribution in [0.1, 0.15) is 73.7 Å². The lowest BCUT2D eigenvalue weighted by Gasteiger charge is -2.33. The van der Waals surface area contributed by atoms with Crippen molar-refractivity contribution in [1.82, 2.24) is 29.9 Å². The molecule has 6 aromatic rings. The van der Waals surface area contributed by atoms with Gasteiger partial charge < -0.3 is 19.4 Å². The number of rotatable bonds is 14. The second-order valence-corrected chi connectivity index (χ2v) is 18.6. The Morgan fingerprint density at radius 1 is 0.630 bits per heavy atom. The minimum absolute atomic E-state index is 0.119. The van der Waals surface area contributed by atoms with Crippen molar-refractivity contribution in [1.29, 1.82) is 0 Å². The average molecular weight is 843 g/mol. The topological polar surface area (TPSA) is 119 Å². The Labute approximate surface area is 342 Å². The van der Waals surface area contributed by atoms with Crippen molar-refractivity contribution < 1.29 is 14.3 Å². The average Bonchev–Trinajstić information content (AvgIpc) is 3.76. The van der Waals surface area contributed by atoms with Crippen LogP contribution in [0.2, 0.25) is 20.1 Å². The van der Waals surface area contributed by atoms with E-state index in [1.54, 1.807) is 72.8 Å². The van der Waals surface area contributed by atoms with Crippen LogP contribution in [-0.4, -0.2) is 45.6 Å². The van der Waals surface area contributed by atoms with Crippen LogP contribution in [0.25, 0.3) is 0 Å². The van der Waals surface area contributed by atoms with Gasteiger partial charge in [0.05, 0.1) is 0 Å². The van der Waals surface area contributed by atoms with Crippen molar-refractivity contribution in [3.8, 4) is 0 Å². The molecule has 15 heteroatoms. The number of nitrogens with one attached hydrogen (secondary N) is 2. The lowest BCUT2D eigenvalue weighted by atomic mass is 9.86. The third kappa shape index (κ3) is 10.3. The van der Waals surface area contributed by atoms with Gasteiger partial charge in [-0.05, 0) is 99.5 Å². The summed E-state index contributed by atoms with van der Waals surface area (Å²) in [4.78, 5) is 38.8. The van der Waals surface area contributed by atoms with E-state index in [0.29, 0.717) is 31.7 Å². The van der Waals surface area contributed by atoms with Crippen LogP contribution in [0.4, 0.5) is 4.79 Å². The number of H-pyrrole nitrogens is 2. The van der Waals surface area contributed by atoms with Gasteiger partial charge in [-0.3, -0.25) is 9.97 Å². The number of benzene rings is 2. The minimum atomic E-state index is -0.857. The Morgan fingerprint density at radius 2 is 0.981 bits per heavy atom. The lowest BCUT2D eigenvalue weighted by Crippen LogP contribution is -2.27. The van der Waals surface area contributed by atoms with Gasteiger partial charge in [-0.1, -0.05) is 46.4 Å². The van der Waals surface area contributed by atoms with Crippen molar-refractivity contribution in [2.24, 2.45) is 0 Å². The van der Waals surface area contributed by atoms with E-state index in [4.69, 9.17) is 55.9 Å². The number of thioether (sulfide) groups is 2. The molecule has 4 aromatic heterocycles. The molecule has 2 aromatic carbocycles. The molecule has 0 fully saturated rings. The zero-order valence-electron chi connectivity index (χ0n) is 29.6. The van der Waals surface area contributed by atoms with Gasteiger partial charge in [-0.2, -0.15) is 0 Å². The number of carbonyl (C=O) groups excluding carboxylic acids is 1. The number of halogens is 4. The van der Waals surface area contributed by atoms with E-state index >= 15 is 0 Å². The number of nitrogens with zero attached hydrogens (tertiary/aromatic N) is 4. The number of aromatic amines is 2. The van der Waals surface area contributed by atoms with Crippen LogP contribution in [0, 0.1) is 0 Å². The minimum Gasteiger partial charge on any atom is -0.426 e. The molecule has 0 radical (unpaired) electrons. The molecule has 6 rings (SSSR count). The highest BCUT2D eigenvalue weighted by atomic mass is 35.5. The van der Waals surface area contributed by atoms with Crippen molar-refractivity contribution in [2.45, 2.75) is 72.0 Å². The largest absolute Gasteiger partial charge is 0.509 e. The van der Waals surface area contributed by atoms with Gasteiger partial charge in [0.15, 0.2) is 13.2 Å². The van der Waals surface area contributed by atoms with Crippen LogP contribution >= 0.6 is 69.9 Å². The Bertz CT molecular complexity index is 2010. The fourth-order valence-corrected chi connectivity index (χ4v) is 10.4. The maximum Gasteiger partial charge on any atom is 0.509 e. The van der Waals surface area contributed by atoms with E-state index < -0.39 is 15.6 Å². The van der Waals surface area contributed by atoms with Gasteiger partial charge in [-0.15, -0.1) is 23.5 Å². The monoisotopic (exact) mass is 840 g/mol. The van der Waals surface area contributed by atoms with Crippen molar-refractivity contribution >= 4 is 76.1 Å². The third-order valence-electron chi connectivity index (χ3n) is 8.47. The summed E-state index contributed by atoms with van der Waals surface area (Å²) in [7, 11) is 0. The molecule has 54 heavy (non-hydrogen) atoms. The zero-order chi connectivity index (χ0) is 38.5. The summed E-state index contributed by atoms with van der Waals surface area (Å²) in [5.41, 5.74) is 3.74. The number of carbonyl (C=O) groups is 1. The van der Waals surface area contributed by atoms with Crippen molar-refractivity contribution in [2.75, 3.05) is 0 Å². The molecule has 2 atom stereocenters. The molecular formula is C39H36Cl4N6O3S2. The molecule has 0 saturated carbocycles. The van der Waals surface area contributed by atoms with Crippen LogP contribution in [0.15, 0.2) is 108 Å². The van der Waals surface area contributed by atoms with Crippen LogP contribution in [-0.2, 0) is 22.7 Å². The highest BCUT2D eigenvalue weighted by Crippen LogP contribution is 2.48. The predicted molar refractivity (Wildman–Crippen MR) is 217 cm³/mol. The summed E-state index contributed by atoms with van der Waals surface area (Å²) in [6, 6.07) is 18.9. The summed E-state index contributed by atoms with van der Waals surface area (Å²) in [6.45, 7) is 8.32. The maximum atomic E-state index is 12.8. The standard InChI is InChI=1S/C39H36Cl4N6O3S2/c1-38(2,53-29-15-25(40)13-26(41)16-29)35(23-5-9-44-10-6-23)31-19-46-33(48-31)21-51-37(50)52-22-34-47-20-32(49-34)36(24-7-11-45-12-8-24)39(3,4)54-30-17-27(42)14-28(43)18-30/h5-20,35-36H,21-22H2,1-4H3,(H,46,48)(H,47,49). The SMILES string of the molecule is CC(C)(Sc1cc(Cl)cc(Cl)c1)C(c1ccncc1)c1cnc(COC(=O)OCc2ncc(C(c3ccncc3)C(C)(C)Sc3cc(Cl)cc(Cl)c3)[nH]2)[nH]1. The first-order valence-electron chi connectivity index (χ1n) is 16.7. The van der Waals surface area contributed by atoms with Gasteiger partial charge in [-0.25, -0.2) is 14.8 Å². The molecule has 0 aliphatic rings. The summed E-state index contributed by atoms with van der Waals surface area (Å²) in [5, 5.41) is 2.26. The highest BCUT2D eigenvalue weighted by Gasteiger charge is 2.36. The number of imidazole rings is 2. The van der Waals surface area contributed by atoms with E-state index in [1.807, 2.05) is 48.5 Å². The molecular weight excluding hydrogens is 806 g/mol. The molecule has 0 saturated heterocycles. The summed E-state index contributed by atoms with van der Waals surface area (Å²) in [5.74, 6) is 0.641. The number of hydrogen-bond acceptors (Lipinski definition) is 9. The van der Waals surface area contributed by atoms with E-state index in [2.05, 4.69) is 57.6 Å². The Kier molecular flexibility index (Phi) is 12.9. The quantitative estimate of drug-likeness (QED) is 0.0816. The molecule has 0 bridgehead atoms. The first-order valence-corrected chi connectivity index (χ1v) is 19.9. The van der Waals surface area contributed by atoms with Crippen LogP contribution in [0.3, 0.4) is 0 Å². The van der Waals surface area contributed by atoms with E-state index in [1.165, 1.54) is 0 Å². The van der Waals surface area contributed by atoms with Crippen molar-refractivity contribution in [3.63, 3.8) is 0 Å². The predicted octanol–water partition coefficient (Wildman–Crippen LogP) is 11.8. The second kappa shape index (κ2) is 17.4. The zero-order valence-corrected chi connectivity index (χ0v) is 34.3. The highest BCUT2D eigenvalue weighted by molar-refractivity contribution is 8.01. The number of pyridine rings is 2. The number of ether oxygens (including phenoxy) is 2. The normalized spacial score (nSPS) is 13.0. The van der Waals surface area contributed by atoms with Gasteiger partial charge in [0, 0.05) is 99.8 Å². The van der Waals surface area contributed by atoms with E-state index in [-0.39, 0.29) is 25.0 Å². The Balaban J connectivity index is 1.11. The molecule has 4 heterocycles. The third-order valence-corrected chi connectivity index (χ3v) is 11.8. The molecule has 0 aliphatic heterocycles. The van der Waals surface area contributed by atoms with Crippen molar-refractivity contribution in [3.05, 3.63) is 152 Å². The first-order chi connectivity index (χ1) is 25.8. The fraction of sp³-hybridized carbons (Fsp3) is 0.256. The number of aromatic nitrogens is 6. The molecule has 9 nitrogen and oxygen atoms in total. The Hall–Kier alpha value is -3.71. The molecule has 280 valence electrons. The Morgan fingerprint density at radius 3 is 1.33 bits per heavy atom. The number of hydrogen-bond donors (Lipinski definition) is 2. The van der Waals surface area contributed by atoms with Crippen LogP contribution < -0.4 is 0 Å². The second-order valence-electron chi connectivity index (χ2n) is 13.4. The van der Waals surface area contributed by atoms with Gasteiger partial charge in [0.1, 0.15) is 11.6 Å². The van der Waals surface area contributed by atoms with E-state index in [0.717, 1.165) is 32.3 Å². The summed E-state index contributed by atoms with van der Waals surface area (Å²) >= 11 is 28.5. The molecule has 0 aliphatic carbocycles. The first kappa shape index (κ1) is 40.0. The summed E-state index contributed by atoms with van der Waals surface area (Å²) < 4.78 is 10.1.